The molecular formula is C19H19Cl2N3OS. The van der Waals surface area contributed by atoms with Crippen molar-refractivity contribution >= 4 is 40.2 Å². The molecule has 3 rings (SSSR count). The molecule has 3 aromatic rings. The van der Waals surface area contributed by atoms with Crippen molar-refractivity contribution in [2.45, 2.75) is 33.4 Å². The summed E-state index contributed by atoms with van der Waals surface area (Å²) in [5.74, 6) is 0.689. The minimum atomic E-state index is 0.0845. The topological polar surface area (TPSA) is 47.0 Å². The molecule has 0 amide bonds. The first-order valence-corrected chi connectivity index (χ1v) is 9.77. The zero-order valence-electron chi connectivity index (χ0n) is 14.7. The van der Waals surface area contributed by atoms with Gasteiger partial charge in [0.1, 0.15) is 15.9 Å². The minimum Gasteiger partial charge on any atom is -0.489 e. The van der Waals surface area contributed by atoms with E-state index in [2.05, 4.69) is 15.3 Å². The van der Waals surface area contributed by atoms with Gasteiger partial charge in [0.25, 0.3) is 0 Å². The molecular weight excluding hydrogens is 389 g/mol. The Hall–Kier alpha value is -1.82. The van der Waals surface area contributed by atoms with Crippen molar-refractivity contribution < 1.29 is 4.74 Å². The van der Waals surface area contributed by atoms with Crippen LogP contribution in [0.5, 0.6) is 5.75 Å². The molecule has 4 nitrogen and oxygen atoms in total. The van der Waals surface area contributed by atoms with Crippen LogP contribution in [-0.2, 0) is 6.54 Å². The van der Waals surface area contributed by atoms with Gasteiger partial charge in [-0.3, -0.25) is 0 Å². The van der Waals surface area contributed by atoms with Crippen LogP contribution in [0.25, 0.3) is 10.6 Å². The molecule has 0 fully saturated rings. The molecule has 0 atom stereocenters. The Kier molecular flexibility index (Phi) is 6.01. The lowest BCUT2D eigenvalue weighted by Gasteiger charge is -2.11. The fourth-order valence-electron chi connectivity index (χ4n) is 2.43. The molecule has 0 spiro atoms. The molecule has 2 aromatic heterocycles. The molecule has 0 unspecified atom stereocenters. The maximum atomic E-state index is 6.32. The van der Waals surface area contributed by atoms with Gasteiger partial charge in [0.15, 0.2) is 0 Å². The number of halogens is 2. The van der Waals surface area contributed by atoms with Crippen molar-refractivity contribution in [2.24, 2.45) is 0 Å². The second-order valence-corrected chi connectivity index (χ2v) is 8.03. The van der Waals surface area contributed by atoms with E-state index >= 15 is 0 Å². The number of nitrogens with zero attached hydrogens (tertiary/aromatic N) is 2. The number of aromatic nitrogens is 2. The third-order valence-electron chi connectivity index (χ3n) is 3.48. The second-order valence-electron chi connectivity index (χ2n) is 6.12. The summed E-state index contributed by atoms with van der Waals surface area (Å²) in [4.78, 5) is 9.78. The van der Waals surface area contributed by atoms with Crippen LogP contribution in [0.3, 0.4) is 0 Å². The number of anilines is 1. The van der Waals surface area contributed by atoms with Crippen molar-refractivity contribution in [3.8, 4) is 16.3 Å². The van der Waals surface area contributed by atoms with E-state index in [1.807, 2.05) is 57.3 Å². The van der Waals surface area contributed by atoms with Gasteiger partial charge in [0.05, 0.1) is 17.7 Å². The summed E-state index contributed by atoms with van der Waals surface area (Å²) in [7, 11) is 0. The highest BCUT2D eigenvalue weighted by Crippen LogP contribution is 2.33. The molecule has 0 aliphatic rings. The van der Waals surface area contributed by atoms with E-state index in [-0.39, 0.29) is 6.10 Å². The van der Waals surface area contributed by atoms with Crippen LogP contribution in [0.2, 0.25) is 10.2 Å². The quantitative estimate of drug-likeness (QED) is 0.492. The first-order chi connectivity index (χ1) is 12.4. The van der Waals surface area contributed by atoms with E-state index in [1.54, 1.807) is 11.3 Å². The zero-order valence-corrected chi connectivity index (χ0v) is 17.0. The average molecular weight is 408 g/mol. The number of benzene rings is 1. The van der Waals surface area contributed by atoms with Crippen molar-refractivity contribution in [3.05, 3.63) is 57.3 Å². The van der Waals surface area contributed by atoms with Gasteiger partial charge < -0.3 is 10.1 Å². The maximum Gasteiger partial charge on any atom is 0.138 e. The standard InChI is InChI=1S/C19H19Cl2N3OS/c1-11(2)25-17-5-4-13(7-16(17)20)19-23-10-15(26-19)9-22-14-6-12(3)24-18(21)8-14/h4-8,10-11H,9H2,1-3H3,(H,22,24). The number of hydrogen-bond acceptors (Lipinski definition) is 5. The minimum absolute atomic E-state index is 0.0845. The fraction of sp³-hybridized carbons (Fsp3) is 0.263. The largest absolute Gasteiger partial charge is 0.489 e. The van der Waals surface area contributed by atoms with Crippen LogP contribution in [0, 0.1) is 6.92 Å². The summed E-state index contributed by atoms with van der Waals surface area (Å²) in [5.41, 5.74) is 2.80. The molecule has 0 aliphatic heterocycles. The fourth-order valence-corrected chi connectivity index (χ4v) is 3.75. The summed E-state index contributed by atoms with van der Waals surface area (Å²) >= 11 is 13.9. The SMILES string of the molecule is Cc1cc(NCc2cnc(-c3ccc(OC(C)C)c(Cl)c3)s2)cc(Cl)n1. The van der Waals surface area contributed by atoms with Gasteiger partial charge in [-0.1, -0.05) is 23.2 Å². The van der Waals surface area contributed by atoms with E-state index in [9.17, 15) is 0 Å². The van der Waals surface area contributed by atoms with Crippen LogP contribution in [-0.4, -0.2) is 16.1 Å². The van der Waals surface area contributed by atoms with Crippen LogP contribution in [0.1, 0.15) is 24.4 Å². The van der Waals surface area contributed by atoms with Gasteiger partial charge in [-0.05, 0) is 51.1 Å². The van der Waals surface area contributed by atoms with E-state index in [0.717, 1.165) is 26.8 Å². The molecule has 0 aliphatic carbocycles. The van der Waals surface area contributed by atoms with Crippen molar-refractivity contribution in [1.29, 1.82) is 0 Å². The summed E-state index contributed by atoms with van der Waals surface area (Å²) in [5, 5.41) is 5.34. The molecule has 1 N–H and O–H groups in total. The van der Waals surface area contributed by atoms with Gasteiger partial charge in [-0.2, -0.15) is 0 Å². The smallest absolute Gasteiger partial charge is 0.138 e. The maximum absolute atomic E-state index is 6.32. The lowest BCUT2D eigenvalue weighted by molar-refractivity contribution is 0.242. The summed E-state index contributed by atoms with van der Waals surface area (Å²) in [6, 6.07) is 9.52. The van der Waals surface area contributed by atoms with Crippen molar-refractivity contribution in [1.82, 2.24) is 9.97 Å². The third-order valence-corrected chi connectivity index (χ3v) is 5.02. The number of ether oxygens (including phenoxy) is 1. The van der Waals surface area contributed by atoms with E-state index in [1.165, 1.54) is 0 Å². The summed E-state index contributed by atoms with van der Waals surface area (Å²) in [6.07, 6.45) is 1.95. The normalized spacial score (nSPS) is 11.0. The molecule has 136 valence electrons. The van der Waals surface area contributed by atoms with Crippen LogP contribution in [0.4, 0.5) is 5.69 Å². The molecule has 7 heteroatoms. The lowest BCUT2D eigenvalue weighted by atomic mass is 10.2. The van der Waals surface area contributed by atoms with Crippen molar-refractivity contribution in [2.75, 3.05) is 5.32 Å². The highest BCUT2D eigenvalue weighted by molar-refractivity contribution is 7.15. The summed E-state index contributed by atoms with van der Waals surface area (Å²) < 4.78 is 5.67. The van der Waals surface area contributed by atoms with Crippen LogP contribution in [0.15, 0.2) is 36.5 Å². The number of aryl methyl sites for hydroxylation is 1. The number of pyridine rings is 1. The van der Waals surface area contributed by atoms with Gasteiger partial charge in [0.2, 0.25) is 0 Å². The predicted octanol–water partition coefficient (Wildman–Crippen LogP) is 6.22. The van der Waals surface area contributed by atoms with Gasteiger partial charge in [-0.15, -0.1) is 11.3 Å². The monoisotopic (exact) mass is 407 g/mol. The second kappa shape index (κ2) is 8.25. The Labute approximate surface area is 167 Å². The molecule has 2 heterocycles. The Morgan fingerprint density at radius 1 is 1.19 bits per heavy atom. The Morgan fingerprint density at radius 2 is 2.00 bits per heavy atom. The molecule has 26 heavy (non-hydrogen) atoms. The Morgan fingerprint density at radius 3 is 2.69 bits per heavy atom. The van der Waals surface area contributed by atoms with E-state index in [0.29, 0.717) is 22.5 Å². The number of hydrogen-bond donors (Lipinski definition) is 1. The molecule has 0 bridgehead atoms. The van der Waals surface area contributed by atoms with E-state index < -0.39 is 0 Å². The van der Waals surface area contributed by atoms with Crippen LogP contribution >= 0.6 is 34.5 Å². The molecule has 0 saturated heterocycles. The number of rotatable bonds is 6. The number of thiazole rings is 1. The summed E-state index contributed by atoms with van der Waals surface area (Å²) in [6.45, 7) is 6.53. The Balaban J connectivity index is 1.70. The van der Waals surface area contributed by atoms with Gasteiger partial charge in [0, 0.05) is 28.0 Å². The van der Waals surface area contributed by atoms with E-state index in [4.69, 9.17) is 27.9 Å². The number of nitrogens with one attached hydrogen (secondary N) is 1. The highest BCUT2D eigenvalue weighted by Gasteiger charge is 2.10. The van der Waals surface area contributed by atoms with Crippen molar-refractivity contribution in [3.63, 3.8) is 0 Å². The predicted molar refractivity (Wildman–Crippen MR) is 110 cm³/mol. The third kappa shape index (κ3) is 4.87. The highest BCUT2D eigenvalue weighted by atomic mass is 35.5. The molecule has 0 radical (unpaired) electrons. The molecule has 1 aromatic carbocycles. The van der Waals surface area contributed by atoms with Gasteiger partial charge >= 0.3 is 0 Å². The average Bonchev–Trinajstić information content (AvgIpc) is 3.02. The van der Waals surface area contributed by atoms with Gasteiger partial charge in [-0.25, -0.2) is 9.97 Å². The molecule has 0 saturated carbocycles. The van der Waals surface area contributed by atoms with Crippen LogP contribution < -0.4 is 10.1 Å². The first-order valence-electron chi connectivity index (χ1n) is 8.20. The first kappa shape index (κ1) is 19.0. The Bertz CT molecular complexity index is 891. The zero-order chi connectivity index (χ0) is 18.7. The lowest BCUT2D eigenvalue weighted by Crippen LogP contribution is -2.05.